The molecule has 0 spiro atoms. The van der Waals surface area contributed by atoms with Gasteiger partial charge in [-0.2, -0.15) is 4.98 Å². The maximum Gasteiger partial charge on any atom is 0.271 e. The quantitative estimate of drug-likeness (QED) is 0.664. The van der Waals surface area contributed by atoms with Crippen molar-refractivity contribution in [2.24, 2.45) is 5.73 Å². The highest BCUT2D eigenvalue weighted by atomic mass is 35.5. The largest absolute Gasteiger partial charge is 0.334 e. The van der Waals surface area contributed by atoms with Gasteiger partial charge in [0.1, 0.15) is 4.21 Å². The molecule has 7 nitrogen and oxygen atoms in total. The molecule has 0 aliphatic heterocycles. The molecular weight excluding hydrogens is 396 g/mol. The summed E-state index contributed by atoms with van der Waals surface area (Å²) in [5.74, 6) is 0.821. The predicted molar refractivity (Wildman–Crippen MR) is 102 cm³/mol. The Bertz CT molecular complexity index is 998. The summed E-state index contributed by atoms with van der Waals surface area (Å²) in [5, 5.41) is 5.70. The second-order valence-electron chi connectivity index (χ2n) is 6.05. The molecule has 0 amide bonds. The van der Waals surface area contributed by atoms with Crippen LogP contribution in [0.3, 0.4) is 0 Å². The van der Waals surface area contributed by atoms with Crippen molar-refractivity contribution in [1.82, 2.24) is 10.1 Å². The van der Waals surface area contributed by atoms with E-state index in [9.17, 15) is 8.42 Å². The number of nitrogens with zero attached hydrogens (tertiary/aromatic N) is 2. The summed E-state index contributed by atoms with van der Waals surface area (Å²) in [6, 6.07) is 10.1. The Morgan fingerprint density at radius 3 is 2.69 bits per heavy atom. The number of nitrogens with one attached hydrogen (secondary N) is 1. The summed E-state index contributed by atoms with van der Waals surface area (Å²) in [4.78, 5) is 4.38. The van der Waals surface area contributed by atoms with Crippen LogP contribution in [0.15, 0.2) is 50.5 Å². The first kappa shape index (κ1) is 18.8. The lowest BCUT2D eigenvalue weighted by Crippen LogP contribution is -2.44. The van der Waals surface area contributed by atoms with Gasteiger partial charge in [-0.05, 0) is 48.9 Å². The zero-order valence-corrected chi connectivity index (χ0v) is 16.0. The molecule has 1 aliphatic carbocycles. The first-order valence-corrected chi connectivity index (χ1v) is 10.1. The van der Waals surface area contributed by atoms with Crippen molar-refractivity contribution in [2.75, 3.05) is 4.72 Å². The van der Waals surface area contributed by atoms with Crippen LogP contribution in [0, 0.1) is 0 Å². The molecule has 10 heteroatoms. The molecule has 1 aliphatic rings. The van der Waals surface area contributed by atoms with Crippen LogP contribution in [-0.4, -0.2) is 18.6 Å². The van der Waals surface area contributed by atoms with E-state index in [1.807, 2.05) is 0 Å². The Kier molecular flexibility index (Phi) is 5.07. The number of thiophene rings is 1. The summed E-state index contributed by atoms with van der Waals surface area (Å²) in [7, 11) is -3.60. The molecular formula is C16H17ClN4O3S2. The van der Waals surface area contributed by atoms with E-state index < -0.39 is 15.6 Å². The number of rotatable bonds is 5. The van der Waals surface area contributed by atoms with Gasteiger partial charge in [0.15, 0.2) is 5.82 Å². The first-order valence-electron chi connectivity index (χ1n) is 7.76. The molecule has 0 atom stereocenters. The molecule has 4 rings (SSSR count). The summed E-state index contributed by atoms with van der Waals surface area (Å²) in [5.41, 5.74) is 6.77. The van der Waals surface area contributed by atoms with E-state index in [2.05, 4.69) is 14.9 Å². The smallest absolute Gasteiger partial charge is 0.271 e. The van der Waals surface area contributed by atoms with E-state index in [0.29, 0.717) is 23.0 Å². The molecule has 0 bridgehead atoms. The third kappa shape index (κ3) is 3.48. The van der Waals surface area contributed by atoms with Crippen molar-refractivity contribution in [1.29, 1.82) is 0 Å². The second-order valence-corrected chi connectivity index (χ2v) is 8.91. The number of benzene rings is 1. The lowest BCUT2D eigenvalue weighted by molar-refractivity contribution is 0.229. The summed E-state index contributed by atoms with van der Waals surface area (Å²) in [6.07, 6.45) is 2.74. The molecule has 26 heavy (non-hydrogen) atoms. The zero-order chi connectivity index (χ0) is 17.5. The van der Waals surface area contributed by atoms with Gasteiger partial charge in [-0.1, -0.05) is 17.3 Å². The van der Waals surface area contributed by atoms with Crippen LogP contribution in [0.2, 0.25) is 0 Å². The van der Waals surface area contributed by atoms with E-state index in [-0.39, 0.29) is 16.6 Å². The van der Waals surface area contributed by atoms with Crippen LogP contribution >= 0.6 is 23.7 Å². The normalized spacial score (nSPS) is 15.7. The second kappa shape index (κ2) is 6.99. The lowest BCUT2D eigenvalue weighted by atomic mass is 9.77. The maximum atomic E-state index is 12.3. The van der Waals surface area contributed by atoms with Gasteiger partial charge in [-0.3, -0.25) is 4.72 Å². The lowest BCUT2D eigenvalue weighted by Gasteiger charge is -2.34. The predicted octanol–water partition coefficient (Wildman–Crippen LogP) is 3.36. The van der Waals surface area contributed by atoms with Gasteiger partial charge in [0.25, 0.3) is 15.9 Å². The number of aromatic nitrogens is 2. The van der Waals surface area contributed by atoms with E-state index in [0.717, 1.165) is 30.6 Å². The van der Waals surface area contributed by atoms with Crippen molar-refractivity contribution in [3.63, 3.8) is 0 Å². The van der Waals surface area contributed by atoms with Crippen LogP contribution in [0.25, 0.3) is 11.5 Å². The minimum atomic E-state index is -3.60. The molecule has 1 aromatic carbocycles. The van der Waals surface area contributed by atoms with E-state index in [4.69, 9.17) is 10.3 Å². The summed E-state index contributed by atoms with van der Waals surface area (Å²) >= 11 is 1.16. The van der Waals surface area contributed by atoms with Gasteiger partial charge >= 0.3 is 0 Å². The number of halogens is 1. The Morgan fingerprint density at radius 2 is 2.04 bits per heavy atom. The number of hydrogen-bond donors (Lipinski definition) is 2. The fraction of sp³-hybridized carbons (Fsp3) is 0.250. The molecule has 0 radical (unpaired) electrons. The van der Waals surface area contributed by atoms with Crippen LogP contribution in [0.4, 0.5) is 5.69 Å². The maximum absolute atomic E-state index is 12.3. The van der Waals surface area contributed by atoms with Gasteiger partial charge in [0.05, 0.1) is 5.54 Å². The molecule has 138 valence electrons. The molecule has 0 saturated heterocycles. The van der Waals surface area contributed by atoms with Gasteiger partial charge in [0, 0.05) is 11.3 Å². The molecule has 2 heterocycles. The van der Waals surface area contributed by atoms with Crippen molar-refractivity contribution in [2.45, 2.75) is 29.0 Å². The fourth-order valence-corrected chi connectivity index (χ4v) is 4.70. The van der Waals surface area contributed by atoms with E-state index >= 15 is 0 Å². The zero-order valence-electron chi connectivity index (χ0n) is 13.6. The van der Waals surface area contributed by atoms with Gasteiger partial charge in [-0.25, -0.2) is 8.42 Å². The Labute approximate surface area is 161 Å². The average molecular weight is 413 g/mol. The van der Waals surface area contributed by atoms with Crippen LogP contribution in [0.5, 0.6) is 0 Å². The van der Waals surface area contributed by atoms with Crippen molar-refractivity contribution < 1.29 is 12.9 Å². The number of sulfonamides is 1. The van der Waals surface area contributed by atoms with Crippen molar-refractivity contribution in [3.8, 4) is 11.5 Å². The first-order chi connectivity index (χ1) is 12.0. The number of anilines is 1. The Hall–Kier alpha value is -1.94. The van der Waals surface area contributed by atoms with E-state index in [1.165, 1.54) is 0 Å². The molecule has 3 aromatic rings. The molecule has 1 saturated carbocycles. The van der Waals surface area contributed by atoms with Crippen LogP contribution < -0.4 is 10.5 Å². The Morgan fingerprint density at radius 1 is 1.23 bits per heavy atom. The highest BCUT2D eigenvalue weighted by molar-refractivity contribution is 7.94. The molecule has 0 unspecified atom stereocenters. The SMILES string of the molecule is Cl.NC1(c2noc(-c3cccc(NS(=O)(=O)c4cccs4)c3)n2)CCC1. The average Bonchev–Trinajstić information content (AvgIpc) is 3.24. The van der Waals surface area contributed by atoms with Gasteiger partial charge < -0.3 is 10.3 Å². The summed E-state index contributed by atoms with van der Waals surface area (Å²) in [6.45, 7) is 0. The standard InChI is InChI=1S/C16H16N4O3S2.ClH/c17-16(7-3-8-16)15-18-14(23-19-15)11-4-1-5-12(10-11)20-25(21,22)13-6-2-9-24-13;/h1-2,4-6,9-10,20H,3,7-8,17H2;1H. The van der Waals surface area contributed by atoms with Gasteiger partial charge in [0.2, 0.25) is 0 Å². The Balaban J connectivity index is 0.00000196. The van der Waals surface area contributed by atoms with Crippen LogP contribution in [-0.2, 0) is 15.6 Å². The van der Waals surface area contributed by atoms with Crippen molar-refractivity contribution >= 4 is 39.5 Å². The van der Waals surface area contributed by atoms with E-state index in [1.54, 1.807) is 41.8 Å². The summed E-state index contributed by atoms with van der Waals surface area (Å²) < 4.78 is 32.8. The minimum absolute atomic E-state index is 0. The topological polar surface area (TPSA) is 111 Å². The van der Waals surface area contributed by atoms with Crippen molar-refractivity contribution in [3.05, 3.63) is 47.6 Å². The molecule has 3 N–H and O–H groups in total. The third-order valence-electron chi connectivity index (χ3n) is 4.24. The number of nitrogens with two attached hydrogens (primary N) is 1. The third-order valence-corrected chi connectivity index (χ3v) is 7.02. The highest BCUT2D eigenvalue weighted by Crippen LogP contribution is 2.37. The van der Waals surface area contributed by atoms with Crippen LogP contribution in [0.1, 0.15) is 25.1 Å². The molecule has 2 aromatic heterocycles. The van der Waals surface area contributed by atoms with Gasteiger partial charge in [-0.15, -0.1) is 23.7 Å². The monoisotopic (exact) mass is 412 g/mol. The molecule has 1 fully saturated rings. The highest BCUT2D eigenvalue weighted by Gasteiger charge is 2.39. The number of hydrogen-bond acceptors (Lipinski definition) is 7. The minimum Gasteiger partial charge on any atom is -0.334 e. The fourth-order valence-electron chi connectivity index (χ4n) is 2.66.